The zero-order valence-corrected chi connectivity index (χ0v) is 21.4. The highest BCUT2D eigenvalue weighted by Crippen LogP contribution is 2.79. The van der Waals surface area contributed by atoms with Crippen molar-refractivity contribution < 1.29 is 13.9 Å². The lowest BCUT2D eigenvalue weighted by molar-refractivity contribution is -0.129. The van der Waals surface area contributed by atoms with Crippen LogP contribution in [-0.4, -0.2) is 19.0 Å². The average molecular weight is 431 g/mol. The van der Waals surface area contributed by atoms with Crippen LogP contribution in [0.25, 0.3) is 0 Å². The van der Waals surface area contributed by atoms with E-state index in [4.69, 9.17) is 8.84 Å². The van der Waals surface area contributed by atoms with E-state index in [1.165, 1.54) is 25.7 Å². The molecule has 3 fully saturated rings. The molecular formula is C26H42O3Si. The Kier molecular flexibility index (Phi) is 4.15. The molecule has 4 heteroatoms. The molecule has 0 unspecified atom stereocenters. The van der Waals surface area contributed by atoms with Gasteiger partial charge in [0, 0.05) is 16.4 Å². The first-order valence-corrected chi connectivity index (χ1v) is 15.1. The number of hydrogen-bond donors (Lipinski definition) is 1. The first kappa shape index (κ1) is 21.3. The lowest BCUT2D eigenvalue weighted by atomic mass is 9.43. The SMILES string of the molecule is CC(C)(C)[Si](C)(C)O[C@@]12CC[C@]3(C)[C@H]4C[C@H](O)c5ccoc5[C@]4(C)CC[C@H]3[C@]1(C)C2. The van der Waals surface area contributed by atoms with Crippen molar-refractivity contribution in [3.63, 3.8) is 0 Å². The molecule has 0 bridgehead atoms. The molecule has 4 aliphatic carbocycles. The van der Waals surface area contributed by atoms with E-state index < -0.39 is 8.32 Å². The van der Waals surface area contributed by atoms with Gasteiger partial charge >= 0.3 is 0 Å². The maximum Gasteiger partial charge on any atom is 0.192 e. The third kappa shape index (κ3) is 2.45. The smallest absolute Gasteiger partial charge is 0.192 e. The molecule has 0 radical (unpaired) electrons. The molecule has 3 saturated carbocycles. The molecule has 1 heterocycles. The van der Waals surface area contributed by atoms with Crippen LogP contribution in [0.4, 0.5) is 0 Å². The Hall–Kier alpha value is -0.583. The lowest BCUT2D eigenvalue weighted by Gasteiger charge is -2.62. The second-order valence-corrected chi connectivity index (χ2v) is 18.2. The molecule has 0 amide bonds. The molecule has 30 heavy (non-hydrogen) atoms. The molecule has 0 spiro atoms. The van der Waals surface area contributed by atoms with E-state index in [1.54, 1.807) is 6.26 Å². The van der Waals surface area contributed by atoms with Gasteiger partial charge in [-0.25, -0.2) is 0 Å². The zero-order chi connectivity index (χ0) is 22.0. The predicted molar refractivity (Wildman–Crippen MR) is 123 cm³/mol. The maximum absolute atomic E-state index is 11.0. The van der Waals surface area contributed by atoms with Crippen LogP contribution in [0.2, 0.25) is 18.1 Å². The number of fused-ring (bicyclic) bond motifs is 7. The molecular weight excluding hydrogens is 388 g/mol. The molecule has 168 valence electrons. The quantitative estimate of drug-likeness (QED) is 0.515. The Bertz CT molecular complexity index is 868. The van der Waals surface area contributed by atoms with E-state index in [9.17, 15) is 5.11 Å². The monoisotopic (exact) mass is 430 g/mol. The average Bonchev–Trinajstić information content (AvgIpc) is 2.99. The van der Waals surface area contributed by atoms with Crippen LogP contribution in [0, 0.1) is 22.7 Å². The van der Waals surface area contributed by atoms with Crippen molar-refractivity contribution in [3.8, 4) is 0 Å². The van der Waals surface area contributed by atoms with Gasteiger partial charge in [-0.2, -0.15) is 0 Å². The van der Waals surface area contributed by atoms with E-state index in [-0.39, 0.29) is 33.0 Å². The molecule has 0 saturated heterocycles. The van der Waals surface area contributed by atoms with Gasteiger partial charge in [-0.3, -0.25) is 0 Å². The standard InChI is InChI=1S/C26H42O3Si/c1-22(2,3)30(7,8)29-26-13-12-23(4)19(25(26,6)16-26)9-11-24(5)20(23)15-18(27)17-10-14-28-21(17)24/h10,14,18-20,27H,9,11-13,15-16H2,1-8H3/t18-,19+,20+,23-,24+,25-,26+/m0/s1. The molecule has 0 aliphatic heterocycles. The second-order valence-electron chi connectivity index (χ2n) is 13.5. The van der Waals surface area contributed by atoms with Crippen molar-refractivity contribution in [2.45, 2.75) is 115 Å². The highest BCUT2D eigenvalue weighted by molar-refractivity contribution is 6.74. The van der Waals surface area contributed by atoms with Gasteiger partial charge in [-0.1, -0.05) is 41.5 Å². The third-order valence-electron chi connectivity index (χ3n) is 11.0. The van der Waals surface area contributed by atoms with Gasteiger partial charge in [-0.05, 0) is 80.0 Å². The highest BCUT2D eigenvalue weighted by atomic mass is 28.4. The molecule has 3 nitrogen and oxygen atoms in total. The lowest BCUT2D eigenvalue weighted by Crippen LogP contribution is -2.59. The molecule has 1 aromatic heterocycles. The van der Waals surface area contributed by atoms with E-state index >= 15 is 0 Å². The van der Waals surface area contributed by atoms with Gasteiger partial charge in [-0.15, -0.1) is 0 Å². The van der Waals surface area contributed by atoms with Crippen LogP contribution >= 0.6 is 0 Å². The van der Waals surface area contributed by atoms with Crippen molar-refractivity contribution >= 4 is 8.32 Å². The van der Waals surface area contributed by atoms with Crippen molar-refractivity contribution in [3.05, 3.63) is 23.7 Å². The molecule has 1 N–H and O–H groups in total. The summed E-state index contributed by atoms with van der Waals surface area (Å²) in [5, 5.41) is 11.2. The Morgan fingerprint density at radius 1 is 1.10 bits per heavy atom. The first-order chi connectivity index (χ1) is 13.7. The molecule has 7 atom stereocenters. The van der Waals surface area contributed by atoms with Crippen molar-refractivity contribution in [1.82, 2.24) is 0 Å². The number of rotatable bonds is 2. The summed E-state index contributed by atoms with van der Waals surface area (Å²) in [7, 11) is -1.80. The Morgan fingerprint density at radius 3 is 2.47 bits per heavy atom. The molecule has 0 aromatic carbocycles. The van der Waals surface area contributed by atoms with Crippen LogP contribution in [0.3, 0.4) is 0 Å². The molecule has 5 rings (SSSR count). The van der Waals surface area contributed by atoms with Crippen LogP contribution in [-0.2, 0) is 9.84 Å². The minimum Gasteiger partial charge on any atom is -0.468 e. The van der Waals surface area contributed by atoms with Crippen molar-refractivity contribution in [2.24, 2.45) is 22.7 Å². The second kappa shape index (κ2) is 5.85. The molecule has 1 aromatic rings. The fourth-order valence-corrected chi connectivity index (χ4v) is 9.88. The summed E-state index contributed by atoms with van der Waals surface area (Å²) in [6, 6.07) is 2.00. The van der Waals surface area contributed by atoms with Gasteiger partial charge in [0.05, 0.1) is 18.0 Å². The Balaban J connectivity index is 1.49. The maximum atomic E-state index is 11.0. The summed E-state index contributed by atoms with van der Waals surface area (Å²) in [5.41, 5.74) is 1.71. The summed E-state index contributed by atoms with van der Waals surface area (Å²) >= 11 is 0. The summed E-state index contributed by atoms with van der Waals surface area (Å²) in [5.74, 6) is 2.22. The van der Waals surface area contributed by atoms with Gasteiger partial charge < -0.3 is 13.9 Å². The van der Waals surface area contributed by atoms with Crippen LogP contribution in [0.1, 0.15) is 97.5 Å². The Morgan fingerprint density at radius 2 is 1.80 bits per heavy atom. The zero-order valence-electron chi connectivity index (χ0n) is 20.4. The minimum atomic E-state index is -1.80. The first-order valence-electron chi connectivity index (χ1n) is 12.2. The number of furan rings is 1. The van der Waals surface area contributed by atoms with Crippen molar-refractivity contribution in [1.29, 1.82) is 0 Å². The van der Waals surface area contributed by atoms with E-state index in [0.29, 0.717) is 11.8 Å². The van der Waals surface area contributed by atoms with E-state index in [0.717, 1.165) is 24.2 Å². The van der Waals surface area contributed by atoms with Crippen LogP contribution in [0.15, 0.2) is 16.7 Å². The van der Waals surface area contributed by atoms with E-state index in [1.807, 2.05) is 6.07 Å². The van der Waals surface area contributed by atoms with E-state index in [2.05, 4.69) is 54.6 Å². The minimum absolute atomic E-state index is 0.0504. The van der Waals surface area contributed by atoms with Crippen LogP contribution in [0.5, 0.6) is 0 Å². The highest BCUT2D eigenvalue weighted by Gasteiger charge is 2.77. The summed E-state index contributed by atoms with van der Waals surface area (Å²) in [6.07, 6.45) is 8.32. The summed E-state index contributed by atoms with van der Waals surface area (Å²) < 4.78 is 13.2. The van der Waals surface area contributed by atoms with Gasteiger partial charge in [0.25, 0.3) is 0 Å². The Labute approximate surface area is 184 Å². The summed E-state index contributed by atoms with van der Waals surface area (Å²) in [6.45, 7) is 19.4. The fraction of sp³-hybridized carbons (Fsp3) is 0.846. The topological polar surface area (TPSA) is 42.6 Å². The predicted octanol–water partition coefficient (Wildman–Crippen LogP) is 6.97. The number of hydrogen-bond acceptors (Lipinski definition) is 3. The van der Waals surface area contributed by atoms with Crippen molar-refractivity contribution in [2.75, 3.05) is 0 Å². The third-order valence-corrected chi connectivity index (χ3v) is 15.5. The normalized spacial score (nSPS) is 47.7. The summed E-state index contributed by atoms with van der Waals surface area (Å²) in [4.78, 5) is 0. The number of aliphatic hydroxyl groups excluding tert-OH is 1. The number of aliphatic hydroxyl groups is 1. The van der Waals surface area contributed by atoms with Gasteiger partial charge in [0.1, 0.15) is 5.76 Å². The van der Waals surface area contributed by atoms with Gasteiger partial charge in [0.15, 0.2) is 8.32 Å². The largest absolute Gasteiger partial charge is 0.468 e. The van der Waals surface area contributed by atoms with Gasteiger partial charge in [0.2, 0.25) is 0 Å². The fourth-order valence-electron chi connectivity index (χ4n) is 8.19. The molecule has 4 aliphatic rings. The van der Waals surface area contributed by atoms with Crippen LogP contribution < -0.4 is 0 Å².